The van der Waals surface area contributed by atoms with E-state index in [0.717, 1.165) is 5.56 Å². The van der Waals surface area contributed by atoms with E-state index < -0.39 is 0 Å². The van der Waals surface area contributed by atoms with Gasteiger partial charge in [-0.3, -0.25) is 9.59 Å². The zero-order chi connectivity index (χ0) is 16.8. The molecule has 4 heteroatoms. The smallest absolute Gasteiger partial charge is 0.220 e. The van der Waals surface area contributed by atoms with Crippen molar-refractivity contribution in [1.29, 1.82) is 0 Å². The van der Waals surface area contributed by atoms with Crippen molar-refractivity contribution in [3.05, 3.63) is 59.9 Å². The fourth-order valence-electron chi connectivity index (χ4n) is 2.30. The number of carbonyl (C=O) groups is 2. The topological polar surface area (TPSA) is 46.2 Å². The molecule has 2 rings (SSSR count). The van der Waals surface area contributed by atoms with E-state index in [0.29, 0.717) is 11.1 Å². The number of rotatable bonds is 6. The van der Waals surface area contributed by atoms with E-state index in [4.69, 9.17) is 0 Å². The molecule has 2 aromatic rings. The Kier molecular flexibility index (Phi) is 5.63. The third-order valence-electron chi connectivity index (χ3n) is 3.42. The molecule has 0 saturated heterocycles. The fourth-order valence-corrected chi connectivity index (χ4v) is 2.30. The van der Waals surface area contributed by atoms with Crippen molar-refractivity contribution in [2.45, 2.75) is 32.7 Å². The SMILES string of the molecule is CC(C)NC(=O)CCC(=O)c1ccc(-c2ccccc2F)cc1. The Bertz CT molecular complexity index is 693. The molecule has 0 bridgehead atoms. The van der Waals surface area contributed by atoms with Crippen LogP contribution in [0.4, 0.5) is 4.39 Å². The number of benzene rings is 2. The van der Waals surface area contributed by atoms with E-state index in [1.807, 2.05) is 13.8 Å². The molecule has 120 valence electrons. The Morgan fingerprint density at radius 2 is 1.65 bits per heavy atom. The van der Waals surface area contributed by atoms with Gasteiger partial charge >= 0.3 is 0 Å². The molecular formula is C19H20FNO2. The first kappa shape index (κ1) is 16.9. The Morgan fingerprint density at radius 3 is 2.26 bits per heavy atom. The van der Waals surface area contributed by atoms with Gasteiger partial charge in [0, 0.05) is 30.0 Å². The number of halogens is 1. The maximum atomic E-state index is 13.7. The third kappa shape index (κ3) is 4.74. The Hall–Kier alpha value is -2.49. The molecule has 1 amide bonds. The van der Waals surface area contributed by atoms with E-state index in [2.05, 4.69) is 5.32 Å². The summed E-state index contributed by atoms with van der Waals surface area (Å²) in [6.45, 7) is 3.75. The summed E-state index contributed by atoms with van der Waals surface area (Å²) < 4.78 is 13.7. The van der Waals surface area contributed by atoms with Gasteiger partial charge in [-0.15, -0.1) is 0 Å². The van der Waals surface area contributed by atoms with Crippen LogP contribution in [0.5, 0.6) is 0 Å². The van der Waals surface area contributed by atoms with E-state index in [1.165, 1.54) is 6.07 Å². The van der Waals surface area contributed by atoms with Crippen LogP contribution in [0.25, 0.3) is 11.1 Å². The van der Waals surface area contributed by atoms with Gasteiger partial charge < -0.3 is 5.32 Å². The van der Waals surface area contributed by atoms with Gasteiger partial charge in [-0.2, -0.15) is 0 Å². The molecule has 0 fully saturated rings. The molecule has 0 unspecified atom stereocenters. The lowest BCUT2D eigenvalue weighted by atomic mass is 10.0. The molecule has 0 atom stereocenters. The second-order valence-electron chi connectivity index (χ2n) is 5.70. The second kappa shape index (κ2) is 7.68. The maximum Gasteiger partial charge on any atom is 0.220 e. The molecule has 3 nitrogen and oxygen atoms in total. The summed E-state index contributed by atoms with van der Waals surface area (Å²) in [5.41, 5.74) is 1.75. The molecule has 1 N–H and O–H groups in total. The Balaban J connectivity index is 2.01. The molecule has 23 heavy (non-hydrogen) atoms. The summed E-state index contributed by atoms with van der Waals surface area (Å²) >= 11 is 0. The lowest BCUT2D eigenvalue weighted by molar-refractivity contribution is -0.121. The van der Waals surface area contributed by atoms with Crippen molar-refractivity contribution in [3.63, 3.8) is 0 Å². The first-order valence-electron chi connectivity index (χ1n) is 7.65. The van der Waals surface area contributed by atoms with Crippen molar-refractivity contribution in [2.75, 3.05) is 0 Å². The Morgan fingerprint density at radius 1 is 1.00 bits per heavy atom. The molecule has 0 aliphatic rings. The van der Waals surface area contributed by atoms with Gasteiger partial charge in [0.15, 0.2) is 5.78 Å². The summed E-state index contributed by atoms with van der Waals surface area (Å²) in [7, 11) is 0. The predicted molar refractivity (Wildman–Crippen MR) is 88.7 cm³/mol. The van der Waals surface area contributed by atoms with Gasteiger partial charge in [0.05, 0.1) is 0 Å². The standard InChI is InChI=1S/C19H20FNO2/c1-13(2)21-19(23)12-11-18(22)15-9-7-14(8-10-15)16-5-3-4-6-17(16)20/h3-10,13H,11-12H2,1-2H3,(H,21,23). The lowest BCUT2D eigenvalue weighted by Crippen LogP contribution is -2.30. The molecule has 0 aromatic heterocycles. The quantitative estimate of drug-likeness (QED) is 0.820. The van der Waals surface area contributed by atoms with Gasteiger partial charge in [0.2, 0.25) is 5.91 Å². The van der Waals surface area contributed by atoms with E-state index in [9.17, 15) is 14.0 Å². The molecule has 0 radical (unpaired) electrons. The summed E-state index contributed by atoms with van der Waals surface area (Å²) in [6.07, 6.45) is 0.337. The van der Waals surface area contributed by atoms with Crippen LogP contribution < -0.4 is 5.32 Å². The summed E-state index contributed by atoms with van der Waals surface area (Å²) in [5.74, 6) is -0.516. The zero-order valence-electron chi connectivity index (χ0n) is 13.3. The van der Waals surface area contributed by atoms with E-state index >= 15 is 0 Å². The average Bonchev–Trinajstić information content (AvgIpc) is 2.53. The fraction of sp³-hybridized carbons (Fsp3) is 0.263. The second-order valence-corrected chi connectivity index (χ2v) is 5.70. The summed E-state index contributed by atoms with van der Waals surface area (Å²) in [6, 6.07) is 13.4. The summed E-state index contributed by atoms with van der Waals surface area (Å²) in [4.78, 5) is 23.7. The minimum Gasteiger partial charge on any atom is -0.354 e. The van der Waals surface area contributed by atoms with E-state index in [1.54, 1.807) is 42.5 Å². The number of amides is 1. The van der Waals surface area contributed by atoms with Crippen LogP contribution in [0.3, 0.4) is 0 Å². The monoisotopic (exact) mass is 313 g/mol. The minimum atomic E-state index is -0.295. The lowest BCUT2D eigenvalue weighted by Gasteiger charge is -2.08. The first-order valence-corrected chi connectivity index (χ1v) is 7.65. The van der Waals surface area contributed by atoms with Crippen molar-refractivity contribution in [3.8, 4) is 11.1 Å². The maximum absolute atomic E-state index is 13.7. The predicted octanol–water partition coefficient (Wildman–Crippen LogP) is 3.98. The molecule has 0 saturated carbocycles. The van der Waals surface area contributed by atoms with E-state index in [-0.39, 0.29) is 36.4 Å². The molecular weight excluding hydrogens is 293 g/mol. The van der Waals surface area contributed by atoms with Crippen molar-refractivity contribution >= 4 is 11.7 Å². The molecule has 2 aromatic carbocycles. The third-order valence-corrected chi connectivity index (χ3v) is 3.42. The number of Topliss-reactive ketones (excluding diaryl/α,β-unsaturated/α-hetero) is 1. The normalized spacial score (nSPS) is 10.6. The van der Waals surface area contributed by atoms with Gasteiger partial charge in [-0.05, 0) is 25.5 Å². The van der Waals surface area contributed by atoms with Crippen molar-refractivity contribution in [1.82, 2.24) is 5.32 Å². The highest BCUT2D eigenvalue weighted by Crippen LogP contribution is 2.23. The van der Waals surface area contributed by atoms with Crippen LogP contribution in [0.2, 0.25) is 0 Å². The molecule has 0 aliphatic carbocycles. The van der Waals surface area contributed by atoms with Gasteiger partial charge in [0.25, 0.3) is 0 Å². The van der Waals surface area contributed by atoms with Gasteiger partial charge in [-0.25, -0.2) is 4.39 Å². The van der Waals surface area contributed by atoms with Crippen LogP contribution >= 0.6 is 0 Å². The van der Waals surface area contributed by atoms with Crippen LogP contribution in [0.1, 0.15) is 37.0 Å². The number of ketones is 1. The molecule has 0 heterocycles. The molecule has 0 aliphatic heterocycles. The van der Waals surface area contributed by atoms with Crippen LogP contribution in [0, 0.1) is 5.82 Å². The zero-order valence-corrected chi connectivity index (χ0v) is 13.3. The number of hydrogen-bond donors (Lipinski definition) is 1. The van der Waals surface area contributed by atoms with Crippen LogP contribution in [0.15, 0.2) is 48.5 Å². The van der Waals surface area contributed by atoms with Crippen LogP contribution in [-0.2, 0) is 4.79 Å². The van der Waals surface area contributed by atoms with Crippen LogP contribution in [-0.4, -0.2) is 17.7 Å². The minimum absolute atomic E-state index is 0.0673. The number of hydrogen-bond acceptors (Lipinski definition) is 2. The Labute approximate surface area is 135 Å². The number of nitrogens with one attached hydrogen (secondary N) is 1. The highest BCUT2D eigenvalue weighted by molar-refractivity contribution is 5.98. The number of carbonyl (C=O) groups excluding carboxylic acids is 2. The van der Waals surface area contributed by atoms with Gasteiger partial charge in [-0.1, -0.05) is 42.5 Å². The first-order chi connectivity index (χ1) is 11.0. The highest BCUT2D eigenvalue weighted by atomic mass is 19.1. The largest absolute Gasteiger partial charge is 0.354 e. The highest BCUT2D eigenvalue weighted by Gasteiger charge is 2.11. The molecule has 0 spiro atoms. The van der Waals surface area contributed by atoms with Crippen molar-refractivity contribution in [2.24, 2.45) is 0 Å². The average molecular weight is 313 g/mol. The van der Waals surface area contributed by atoms with Crippen molar-refractivity contribution < 1.29 is 14.0 Å². The summed E-state index contributed by atoms with van der Waals surface area (Å²) in [5, 5.41) is 2.75. The van der Waals surface area contributed by atoms with Gasteiger partial charge in [0.1, 0.15) is 5.82 Å².